The second-order valence-electron chi connectivity index (χ2n) is 5.11. The highest BCUT2D eigenvalue weighted by molar-refractivity contribution is 7.09. The minimum Gasteiger partial charge on any atom is -0.465 e. The Morgan fingerprint density at radius 3 is 2.50 bits per heavy atom. The lowest BCUT2D eigenvalue weighted by Crippen LogP contribution is -2.36. The summed E-state index contributed by atoms with van der Waals surface area (Å²) in [5.74, 6) is -0.322. The Hall–Kier alpha value is -2.21. The van der Waals surface area contributed by atoms with Crippen molar-refractivity contribution in [3.8, 4) is 0 Å². The molecule has 0 saturated heterocycles. The number of carbonyl (C=O) groups is 1. The maximum absolute atomic E-state index is 12.5. The van der Waals surface area contributed by atoms with E-state index in [0.29, 0.717) is 18.6 Å². The van der Waals surface area contributed by atoms with E-state index in [4.69, 9.17) is 4.74 Å². The van der Waals surface area contributed by atoms with Crippen LogP contribution in [0.15, 0.2) is 41.8 Å². The molecule has 2 rings (SSSR count). The number of non-ortho nitro benzene ring substituents is 1. The Morgan fingerprint density at radius 2 is 2.00 bits per heavy atom. The number of esters is 1. The molecule has 1 unspecified atom stereocenters. The van der Waals surface area contributed by atoms with Gasteiger partial charge in [-0.25, -0.2) is 0 Å². The summed E-state index contributed by atoms with van der Waals surface area (Å²) in [6, 6.07) is 9.99. The van der Waals surface area contributed by atoms with Gasteiger partial charge in [0, 0.05) is 23.4 Å². The molecule has 22 heavy (non-hydrogen) atoms. The van der Waals surface area contributed by atoms with Crippen LogP contribution < -0.4 is 0 Å². The first kappa shape index (κ1) is 16.2. The Balaban J connectivity index is 2.38. The molecule has 0 aliphatic heterocycles. The average Bonchev–Trinajstić information content (AvgIpc) is 3.00. The standard InChI is InChI=1S/C16H17NO4S/c1-3-21-15(18)16(2,11-14-5-4-10-22-14)12-6-8-13(9-7-12)17(19)20/h4-10H,3,11H2,1-2H3. The van der Waals surface area contributed by atoms with Crippen LogP contribution in [0.25, 0.3) is 0 Å². The number of carbonyl (C=O) groups excluding carboxylic acids is 1. The van der Waals surface area contributed by atoms with Gasteiger partial charge < -0.3 is 4.74 Å². The molecule has 0 aliphatic rings. The number of nitro benzene ring substituents is 1. The Morgan fingerprint density at radius 1 is 1.32 bits per heavy atom. The van der Waals surface area contributed by atoms with E-state index in [9.17, 15) is 14.9 Å². The first-order valence-electron chi connectivity index (χ1n) is 6.92. The second-order valence-corrected chi connectivity index (χ2v) is 6.14. The highest BCUT2D eigenvalue weighted by atomic mass is 32.1. The fraction of sp³-hybridized carbons (Fsp3) is 0.312. The summed E-state index contributed by atoms with van der Waals surface area (Å²) in [5, 5.41) is 12.7. The summed E-state index contributed by atoms with van der Waals surface area (Å²) in [6.07, 6.45) is 0.501. The predicted octanol–water partition coefficient (Wildman–Crippen LogP) is 3.72. The van der Waals surface area contributed by atoms with Crippen LogP contribution in [0.3, 0.4) is 0 Å². The normalized spacial score (nSPS) is 13.4. The van der Waals surface area contributed by atoms with E-state index in [2.05, 4.69) is 0 Å². The summed E-state index contributed by atoms with van der Waals surface area (Å²) in [7, 11) is 0. The van der Waals surface area contributed by atoms with Gasteiger partial charge in [0.25, 0.3) is 5.69 Å². The van der Waals surface area contributed by atoms with Gasteiger partial charge in [0.05, 0.1) is 16.9 Å². The third-order valence-corrected chi connectivity index (χ3v) is 4.43. The zero-order valence-electron chi connectivity index (χ0n) is 12.4. The lowest BCUT2D eigenvalue weighted by Gasteiger charge is -2.27. The number of rotatable bonds is 6. The van der Waals surface area contributed by atoms with Gasteiger partial charge in [-0.05, 0) is 30.9 Å². The molecule has 0 radical (unpaired) electrons. The Labute approximate surface area is 132 Å². The monoisotopic (exact) mass is 319 g/mol. The predicted molar refractivity (Wildman–Crippen MR) is 85.1 cm³/mol. The van der Waals surface area contributed by atoms with Gasteiger partial charge >= 0.3 is 5.97 Å². The molecule has 1 aromatic heterocycles. The molecule has 0 fully saturated rings. The first-order chi connectivity index (χ1) is 10.5. The zero-order valence-corrected chi connectivity index (χ0v) is 13.3. The van der Waals surface area contributed by atoms with Gasteiger partial charge in [-0.15, -0.1) is 11.3 Å². The van der Waals surface area contributed by atoms with Crippen LogP contribution in [0.2, 0.25) is 0 Å². The van der Waals surface area contributed by atoms with Gasteiger partial charge in [0.2, 0.25) is 0 Å². The summed E-state index contributed by atoms with van der Waals surface area (Å²) in [6.45, 7) is 3.87. The highest BCUT2D eigenvalue weighted by Crippen LogP contribution is 2.32. The van der Waals surface area contributed by atoms with E-state index in [1.54, 1.807) is 30.4 Å². The Bertz CT molecular complexity index is 651. The summed E-state index contributed by atoms with van der Waals surface area (Å²) < 4.78 is 5.22. The number of nitrogens with zero attached hydrogens (tertiary/aromatic N) is 1. The lowest BCUT2D eigenvalue weighted by molar-refractivity contribution is -0.384. The molecular weight excluding hydrogens is 302 g/mol. The van der Waals surface area contributed by atoms with Crippen molar-refractivity contribution in [3.63, 3.8) is 0 Å². The second kappa shape index (κ2) is 6.70. The van der Waals surface area contributed by atoms with Gasteiger partial charge in [-0.3, -0.25) is 14.9 Å². The van der Waals surface area contributed by atoms with E-state index in [1.165, 1.54) is 12.1 Å². The first-order valence-corrected chi connectivity index (χ1v) is 7.80. The molecule has 0 spiro atoms. The van der Waals surface area contributed by atoms with Crippen molar-refractivity contribution in [2.24, 2.45) is 0 Å². The summed E-state index contributed by atoms with van der Waals surface area (Å²) >= 11 is 1.57. The topological polar surface area (TPSA) is 69.4 Å². The van der Waals surface area contributed by atoms with Crippen molar-refractivity contribution >= 4 is 23.0 Å². The number of hydrogen-bond acceptors (Lipinski definition) is 5. The van der Waals surface area contributed by atoms with Crippen LogP contribution in [-0.4, -0.2) is 17.5 Å². The van der Waals surface area contributed by atoms with Gasteiger partial charge in [0.1, 0.15) is 0 Å². The van der Waals surface area contributed by atoms with Gasteiger partial charge in [-0.2, -0.15) is 0 Å². The van der Waals surface area contributed by atoms with E-state index in [1.807, 2.05) is 24.4 Å². The average molecular weight is 319 g/mol. The van der Waals surface area contributed by atoms with Crippen molar-refractivity contribution in [2.75, 3.05) is 6.61 Å². The number of thiophene rings is 1. The minimum atomic E-state index is -0.865. The summed E-state index contributed by atoms with van der Waals surface area (Å²) in [5.41, 5.74) is -0.147. The van der Waals surface area contributed by atoms with Gasteiger partial charge in [-0.1, -0.05) is 18.2 Å². The number of nitro groups is 1. The van der Waals surface area contributed by atoms with E-state index in [0.717, 1.165) is 4.88 Å². The molecule has 0 N–H and O–H groups in total. The van der Waals surface area contributed by atoms with Crippen molar-refractivity contribution < 1.29 is 14.5 Å². The van der Waals surface area contributed by atoms with E-state index < -0.39 is 10.3 Å². The van der Waals surface area contributed by atoms with Crippen LogP contribution in [0, 0.1) is 10.1 Å². The molecular formula is C16H17NO4S. The smallest absolute Gasteiger partial charge is 0.316 e. The lowest BCUT2D eigenvalue weighted by atomic mass is 9.79. The van der Waals surface area contributed by atoms with E-state index >= 15 is 0 Å². The Kier molecular flexibility index (Phi) is 4.92. The molecule has 2 aromatic rings. The molecule has 0 saturated carbocycles. The minimum absolute atomic E-state index is 0.00563. The maximum atomic E-state index is 12.5. The highest BCUT2D eigenvalue weighted by Gasteiger charge is 2.37. The molecule has 0 aliphatic carbocycles. The molecule has 1 heterocycles. The molecule has 1 aromatic carbocycles. The maximum Gasteiger partial charge on any atom is 0.316 e. The molecule has 5 nitrogen and oxygen atoms in total. The molecule has 0 bridgehead atoms. The quantitative estimate of drug-likeness (QED) is 0.462. The molecule has 6 heteroatoms. The van der Waals surface area contributed by atoms with Crippen LogP contribution in [0.1, 0.15) is 24.3 Å². The third kappa shape index (κ3) is 3.33. The van der Waals surface area contributed by atoms with Crippen LogP contribution >= 0.6 is 11.3 Å². The molecule has 1 atom stereocenters. The van der Waals surface area contributed by atoms with Crippen LogP contribution in [0.5, 0.6) is 0 Å². The van der Waals surface area contributed by atoms with Crippen molar-refractivity contribution in [2.45, 2.75) is 25.7 Å². The summed E-state index contributed by atoms with van der Waals surface area (Å²) in [4.78, 5) is 23.8. The number of benzene rings is 1. The van der Waals surface area contributed by atoms with Crippen molar-refractivity contribution in [3.05, 3.63) is 62.3 Å². The molecule has 116 valence electrons. The van der Waals surface area contributed by atoms with E-state index in [-0.39, 0.29) is 11.7 Å². The molecule has 0 amide bonds. The fourth-order valence-corrected chi connectivity index (χ4v) is 3.16. The van der Waals surface area contributed by atoms with Crippen molar-refractivity contribution in [1.82, 2.24) is 0 Å². The fourth-order valence-electron chi connectivity index (χ4n) is 2.30. The van der Waals surface area contributed by atoms with Gasteiger partial charge in [0.15, 0.2) is 0 Å². The third-order valence-electron chi connectivity index (χ3n) is 3.55. The van der Waals surface area contributed by atoms with Crippen LogP contribution in [-0.2, 0) is 21.4 Å². The zero-order chi connectivity index (χ0) is 16.2. The largest absolute Gasteiger partial charge is 0.465 e. The number of hydrogen-bond donors (Lipinski definition) is 0. The van der Waals surface area contributed by atoms with Crippen molar-refractivity contribution in [1.29, 1.82) is 0 Å². The van der Waals surface area contributed by atoms with Crippen LogP contribution in [0.4, 0.5) is 5.69 Å². The number of ether oxygens (including phenoxy) is 1. The SMILES string of the molecule is CCOC(=O)C(C)(Cc1cccs1)c1ccc([N+](=O)[O-])cc1.